The summed E-state index contributed by atoms with van der Waals surface area (Å²) in [5, 5.41) is 8.62. The number of hydrazine groups is 1. The summed E-state index contributed by atoms with van der Waals surface area (Å²) in [6.45, 7) is 6.01. The SMILES string of the molecule is CCCCCCCCCCCCCCCCCCCCCCCCC(C(=O)OC)[C@](CCCCCCCCCCCCCC)(OC(C)=O)SN1NN=N[C@H]1c1ccccc1. The Kier molecular flexibility index (Phi) is 33.7. The van der Waals surface area contributed by atoms with Crippen LogP contribution in [0.4, 0.5) is 0 Å². The van der Waals surface area contributed by atoms with E-state index in [1.54, 1.807) is 0 Å². The van der Waals surface area contributed by atoms with E-state index in [0.29, 0.717) is 12.8 Å². The number of esters is 2. The van der Waals surface area contributed by atoms with Crippen molar-refractivity contribution in [2.75, 3.05) is 7.11 Å². The van der Waals surface area contributed by atoms with E-state index in [4.69, 9.17) is 9.47 Å². The number of nitrogens with one attached hydrogen (secondary N) is 1. The molecule has 60 heavy (non-hydrogen) atoms. The molecule has 2 rings (SSSR count). The van der Waals surface area contributed by atoms with E-state index in [2.05, 4.69) is 29.7 Å². The number of hydrogen-bond acceptors (Lipinski definition) is 9. The van der Waals surface area contributed by atoms with Crippen molar-refractivity contribution < 1.29 is 19.1 Å². The van der Waals surface area contributed by atoms with Crippen molar-refractivity contribution in [2.24, 2.45) is 16.3 Å². The van der Waals surface area contributed by atoms with Crippen molar-refractivity contribution in [1.29, 1.82) is 0 Å². The average Bonchev–Trinajstić information content (AvgIpc) is 3.71. The van der Waals surface area contributed by atoms with Gasteiger partial charge < -0.3 is 9.47 Å². The molecule has 1 N–H and O–H groups in total. The first-order valence-electron chi connectivity index (χ1n) is 25.4. The lowest BCUT2D eigenvalue weighted by atomic mass is 9.90. The van der Waals surface area contributed by atoms with Crippen molar-refractivity contribution in [3.63, 3.8) is 0 Å². The maximum atomic E-state index is 13.7. The molecule has 8 nitrogen and oxygen atoms in total. The summed E-state index contributed by atoms with van der Waals surface area (Å²) in [5.74, 6) is -1.34. The van der Waals surface area contributed by atoms with Crippen LogP contribution < -0.4 is 5.53 Å². The van der Waals surface area contributed by atoms with Crippen LogP contribution in [0.1, 0.15) is 264 Å². The Labute approximate surface area is 373 Å². The molecule has 0 fully saturated rings. The summed E-state index contributed by atoms with van der Waals surface area (Å²) in [5.41, 5.74) is 4.00. The minimum absolute atomic E-state index is 0.324. The van der Waals surface area contributed by atoms with Crippen LogP contribution in [0.5, 0.6) is 0 Å². The highest BCUT2D eigenvalue weighted by Crippen LogP contribution is 2.47. The Morgan fingerprint density at radius 2 is 1.00 bits per heavy atom. The third-order valence-electron chi connectivity index (χ3n) is 12.4. The first-order chi connectivity index (χ1) is 29.5. The van der Waals surface area contributed by atoms with Crippen LogP contribution in [-0.2, 0) is 19.1 Å². The van der Waals surface area contributed by atoms with Crippen LogP contribution in [0.15, 0.2) is 40.7 Å². The number of methoxy groups -OCH3 is 1. The number of unbranched alkanes of at least 4 members (excludes halogenated alkanes) is 32. The molecule has 1 heterocycles. The standard InChI is InChI=1S/C51H92N4O4S/c1-5-7-9-11-13-15-17-19-20-21-22-23-24-25-26-27-28-29-31-33-35-40-44-48(50(57)58-4)51(59-46(3)56,45-41-36-34-32-30-18-16-14-12-10-8-6-2)60-55-49(52-53-54-55)47-42-38-37-39-43-47/h37-39,42-43,48-49H,5-36,40-41,44-45H2,1-4H3,(H,52,54)/t48?,49-,51-/m1/s1. The van der Waals surface area contributed by atoms with Gasteiger partial charge in [-0.2, -0.15) is 0 Å². The molecule has 0 radical (unpaired) electrons. The Morgan fingerprint density at radius 1 is 0.617 bits per heavy atom. The molecule has 0 amide bonds. The molecule has 346 valence electrons. The predicted octanol–water partition coefficient (Wildman–Crippen LogP) is 16.7. The van der Waals surface area contributed by atoms with Crippen LogP contribution in [0.25, 0.3) is 0 Å². The average molecular weight is 857 g/mol. The predicted molar refractivity (Wildman–Crippen MR) is 254 cm³/mol. The van der Waals surface area contributed by atoms with Crippen molar-refractivity contribution in [1.82, 2.24) is 9.95 Å². The Morgan fingerprint density at radius 3 is 1.38 bits per heavy atom. The van der Waals surface area contributed by atoms with Gasteiger partial charge in [-0.25, -0.2) is 5.53 Å². The Hall–Kier alpha value is -2.13. The molecular formula is C51H92N4O4S. The van der Waals surface area contributed by atoms with Gasteiger partial charge in [-0.3, -0.25) is 9.59 Å². The molecule has 1 aromatic rings. The molecule has 0 saturated heterocycles. The first kappa shape index (κ1) is 54.0. The van der Waals surface area contributed by atoms with Crippen molar-refractivity contribution in [2.45, 2.75) is 263 Å². The number of ether oxygens (including phenoxy) is 2. The molecule has 0 spiro atoms. The number of carbonyl (C=O) groups is 2. The summed E-state index contributed by atoms with van der Waals surface area (Å²) in [7, 11) is 1.45. The number of carbonyl (C=O) groups excluding carboxylic acids is 2. The van der Waals surface area contributed by atoms with Crippen LogP contribution in [0.2, 0.25) is 0 Å². The van der Waals surface area contributed by atoms with Gasteiger partial charge in [0.2, 0.25) is 0 Å². The maximum Gasteiger partial charge on any atom is 0.313 e. The van der Waals surface area contributed by atoms with Crippen molar-refractivity contribution in [3.8, 4) is 0 Å². The smallest absolute Gasteiger partial charge is 0.313 e. The zero-order valence-electron chi connectivity index (χ0n) is 39.4. The molecule has 3 atom stereocenters. The summed E-state index contributed by atoms with van der Waals surface area (Å²) < 4.78 is 13.6. The summed E-state index contributed by atoms with van der Waals surface area (Å²) >= 11 is 1.35. The van der Waals surface area contributed by atoms with E-state index < -0.39 is 23.0 Å². The lowest BCUT2D eigenvalue weighted by molar-refractivity contribution is -0.164. The molecule has 0 aliphatic carbocycles. The van der Waals surface area contributed by atoms with Gasteiger partial charge in [0, 0.05) is 6.92 Å². The van der Waals surface area contributed by atoms with Gasteiger partial charge in [-0.15, -0.1) is 9.53 Å². The van der Waals surface area contributed by atoms with E-state index in [0.717, 1.165) is 44.1 Å². The second-order valence-electron chi connectivity index (χ2n) is 17.9. The first-order valence-corrected chi connectivity index (χ1v) is 26.2. The lowest BCUT2D eigenvalue weighted by Crippen LogP contribution is -2.47. The monoisotopic (exact) mass is 857 g/mol. The normalized spacial score (nSPS) is 15.5. The van der Waals surface area contributed by atoms with Crippen LogP contribution in [0, 0.1) is 5.92 Å². The minimum Gasteiger partial charge on any atom is -0.469 e. The largest absolute Gasteiger partial charge is 0.469 e. The molecule has 9 heteroatoms. The fourth-order valence-corrected chi connectivity index (χ4v) is 10.2. The highest BCUT2D eigenvalue weighted by molar-refractivity contribution is 7.98. The van der Waals surface area contributed by atoms with Crippen LogP contribution in [0.3, 0.4) is 0 Å². The molecule has 0 saturated carbocycles. The van der Waals surface area contributed by atoms with Crippen molar-refractivity contribution in [3.05, 3.63) is 35.9 Å². The Bertz CT molecular complexity index is 1190. The summed E-state index contributed by atoms with van der Waals surface area (Å²) in [6.07, 6.45) is 45.1. The van der Waals surface area contributed by atoms with Gasteiger partial charge in [-0.1, -0.05) is 261 Å². The van der Waals surface area contributed by atoms with E-state index in [-0.39, 0.29) is 5.97 Å². The fraction of sp³-hybridized carbons (Fsp3) is 0.843. The van der Waals surface area contributed by atoms with E-state index in [1.807, 2.05) is 34.7 Å². The molecule has 0 bridgehead atoms. The molecule has 1 aliphatic heterocycles. The van der Waals surface area contributed by atoms with Crippen LogP contribution >= 0.6 is 11.9 Å². The molecule has 0 aromatic heterocycles. The fourth-order valence-electron chi connectivity index (χ4n) is 8.79. The maximum absolute atomic E-state index is 13.7. The number of rotatable bonds is 42. The Balaban J connectivity index is 1.80. The summed E-state index contributed by atoms with van der Waals surface area (Å²) in [6, 6.07) is 9.97. The summed E-state index contributed by atoms with van der Waals surface area (Å²) in [4.78, 5) is 25.5. The van der Waals surface area contributed by atoms with Gasteiger partial charge in [0.1, 0.15) is 5.92 Å². The number of hydrogen-bond donors (Lipinski definition) is 1. The number of benzene rings is 1. The quantitative estimate of drug-likeness (QED) is 0.0303. The number of nitrogens with zero attached hydrogens (tertiary/aromatic N) is 3. The van der Waals surface area contributed by atoms with Crippen LogP contribution in [-0.4, -0.2) is 28.4 Å². The molecule has 1 aliphatic rings. The van der Waals surface area contributed by atoms with Gasteiger partial charge in [0.05, 0.1) is 7.11 Å². The van der Waals surface area contributed by atoms with Gasteiger partial charge in [-0.05, 0) is 36.8 Å². The highest BCUT2D eigenvalue weighted by Gasteiger charge is 2.50. The highest BCUT2D eigenvalue weighted by atomic mass is 32.2. The van der Waals surface area contributed by atoms with Gasteiger partial charge in [0.25, 0.3) is 0 Å². The zero-order chi connectivity index (χ0) is 43.2. The minimum atomic E-state index is -1.15. The molecular weight excluding hydrogens is 765 g/mol. The lowest BCUT2D eigenvalue weighted by Gasteiger charge is -2.40. The van der Waals surface area contributed by atoms with E-state index in [9.17, 15) is 9.59 Å². The second kappa shape index (κ2) is 37.4. The van der Waals surface area contributed by atoms with Gasteiger partial charge in [0.15, 0.2) is 11.1 Å². The topological polar surface area (TPSA) is 92.6 Å². The molecule has 1 unspecified atom stereocenters. The second-order valence-corrected chi connectivity index (χ2v) is 19.1. The van der Waals surface area contributed by atoms with Crippen molar-refractivity contribution >= 4 is 23.9 Å². The zero-order valence-corrected chi connectivity index (χ0v) is 40.2. The van der Waals surface area contributed by atoms with Gasteiger partial charge >= 0.3 is 11.9 Å². The molecule has 1 aromatic carbocycles. The third kappa shape index (κ3) is 25.7. The third-order valence-corrected chi connectivity index (χ3v) is 13.8. The van der Waals surface area contributed by atoms with E-state index in [1.165, 1.54) is 206 Å². The van der Waals surface area contributed by atoms with E-state index >= 15 is 0 Å².